The number of hydrogen-bond acceptors (Lipinski definition) is 15. The number of nitriles is 2. The van der Waals surface area contributed by atoms with Gasteiger partial charge >= 0.3 is 11.9 Å². The van der Waals surface area contributed by atoms with Gasteiger partial charge in [0.05, 0.1) is 40.3 Å². The summed E-state index contributed by atoms with van der Waals surface area (Å²) in [7, 11) is 0. The molecule has 1 saturated heterocycles. The molecule has 5 N–H and O–H groups in total. The number of primary amides is 1. The predicted molar refractivity (Wildman–Crippen MR) is 165 cm³/mol. The monoisotopic (exact) mass is 667 g/mol. The number of carbonyl (C=O) groups is 3. The summed E-state index contributed by atoms with van der Waals surface area (Å²) < 4.78 is 11.4. The molecule has 1 aliphatic rings. The fraction of sp³-hybridized carbons (Fsp3) is 0.357. The highest BCUT2D eigenvalue weighted by atomic mass is 35.5. The molecular weight excluding hydrogens is 638 g/mol. The fourth-order valence-electron chi connectivity index (χ4n) is 4.67. The van der Waals surface area contributed by atoms with E-state index in [1.807, 2.05) is 15.9 Å². The molecule has 0 bridgehead atoms. The van der Waals surface area contributed by atoms with Gasteiger partial charge in [-0.1, -0.05) is 11.6 Å². The number of aromatic nitrogens is 4. The lowest BCUT2D eigenvalue weighted by molar-refractivity contribution is -0.178. The zero-order chi connectivity index (χ0) is 34.2. The number of anilines is 4. The van der Waals surface area contributed by atoms with Crippen molar-refractivity contribution in [2.75, 3.05) is 54.6 Å². The topological polar surface area (TPSA) is 249 Å². The molecule has 1 unspecified atom stereocenters. The molecular formula is C28H30ClN11O7. The smallest absolute Gasteiger partial charge is 0.333 e. The number of aliphatic carboxylic acids is 1. The number of benzene rings is 1. The van der Waals surface area contributed by atoms with Crippen molar-refractivity contribution in [3.63, 3.8) is 0 Å². The number of carboxylic acids is 1. The second-order valence-electron chi connectivity index (χ2n) is 9.94. The van der Waals surface area contributed by atoms with Crippen LogP contribution in [0.5, 0.6) is 0 Å². The second-order valence-corrected chi connectivity index (χ2v) is 10.3. The molecule has 0 saturated carbocycles. The van der Waals surface area contributed by atoms with Crippen LogP contribution in [0.2, 0.25) is 5.02 Å². The van der Waals surface area contributed by atoms with Crippen molar-refractivity contribution in [3.05, 3.63) is 46.8 Å². The van der Waals surface area contributed by atoms with Crippen LogP contribution in [0, 0.1) is 22.7 Å². The van der Waals surface area contributed by atoms with E-state index in [1.165, 1.54) is 16.8 Å². The van der Waals surface area contributed by atoms with Crippen LogP contribution in [0.4, 0.5) is 23.1 Å². The molecule has 2 atom stereocenters. The Labute approximate surface area is 272 Å². The highest BCUT2D eigenvalue weighted by Gasteiger charge is 2.31. The summed E-state index contributed by atoms with van der Waals surface area (Å²) >= 11 is 6.98. The molecule has 246 valence electrons. The molecule has 18 nitrogen and oxygen atoms in total. The van der Waals surface area contributed by atoms with E-state index < -0.39 is 37.1 Å². The van der Waals surface area contributed by atoms with Gasteiger partial charge < -0.3 is 30.9 Å². The molecule has 0 radical (unpaired) electrons. The third-order valence-electron chi connectivity index (χ3n) is 7.06. The van der Waals surface area contributed by atoms with Crippen molar-refractivity contribution < 1.29 is 34.1 Å². The fourth-order valence-corrected chi connectivity index (χ4v) is 4.99. The highest BCUT2D eigenvalue weighted by molar-refractivity contribution is 6.36. The van der Waals surface area contributed by atoms with Gasteiger partial charge in [-0.25, -0.2) is 14.6 Å². The molecule has 1 fully saturated rings. The maximum absolute atomic E-state index is 11.9. The van der Waals surface area contributed by atoms with Crippen LogP contribution in [0.1, 0.15) is 25.1 Å². The molecule has 19 heteroatoms. The number of imidazole rings is 1. The minimum absolute atomic E-state index is 0.0127. The maximum Gasteiger partial charge on any atom is 0.333 e. The first kappa shape index (κ1) is 34.3. The van der Waals surface area contributed by atoms with Crippen molar-refractivity contribution in [1.82, 2.24) is 24.5 Å². The van der Waals surface area contributed by atoms with Crippen LogP contribution in [-0.4, -0.2) is 105 Å². The lowest BCUT2D eigenvalue weighted by atomic mass is 10.1. The molecule has 1 amide bonds. The standard InChI is InChI=1S/C28H30ClN11O7/c1-3-33-25-26-34-14-18(13-31)40(26)36-27(35-25)39(28(45)47-15-46-22(43)5-4-21(41)42)20-11-17(12-30)10-19(23(20)29)38-8-6-37(7-9-38)16(2)24(32)44/h4-5,10-11,14,16,28,45H,3,6-9,15H2,1-2H3,(H2,32,44)(H,41,42)(H,33,35,36)/b5-4+/t16-,28?/m0/s1. The van der Waals surface area contributed by atoms with E-state index in [0.717, 1.165) is 4.90 Å². The van der Waals surface area contributed by atoms with Gasteiger partial charge in [0.25, 0.3) is 5.95 Å². The summed E-state index contributed by atoms with van der Waals surface area (Å²) in [5.41, 5.74) is 6.30. The van der Waals surface area contributed by atoms with Gasteiger partial charge in [-0.2, -0.15) is 20.0 Å². The number of rotatable bonds is 13. The molecule has 2 aromatic heterocycles. The SMILES string of the molecule is CCNc1nc(N(c2cc(C#N)cc(N3CCN([C@@H](C)C(N)=O)CC3)c2Cl)C(O)OCOC(=O)/C=C/C(=O)O)nn2c(C#N)cnc12. The lowest BCUT2D eigenvalue weighted by Gasteiger charge is -2.39. The maximum atomic E-state index is 11.9. The number of aliphatic hydroxyl groups excluding tert-OH is 1. The first-order valence-electron chi connectivity index (χ1n) is 14.1. The Hall–Kier alpha value is -5.53. The van der Waals surface area contributed by atoms with Gasteiger partial charge in [0.1, 0.15) is 6.07 Å². The summed E-state index contributed by atoms with van der Waals surface area (Å²) in [5.74, 6) is -2.96. The number of carbonyl (C=O) groups excluding carboxylic acids is 2. The van der Waals surface area contributed by atoms with Crippen LogP contribution in [-0.2, 0) is 23.9 Å². The van der Waals surface area contributed by atoms with Crippen molar-refractivity contribution >= 4 is 58.2 Å². The number of amides is 1. The summed E-state index contributed by atoms with van der Waals surface area (Å²) in [5, 5.41) is 47.2. The van der Waals surface area contributed by atoms with E-state index >= 15 is 0 Å². The van der Waals surface area contributed by atoms with E-state index in [0.29, 0.717) is 50.6 Å². The van der Waals surface area contributed by atoms with Gasteiger partial charge in [0.15, 0.2) is 24.0 Å². The second kappa shape index (κ2) is 15.2. The van der Waals surface area contributed by atoms with Crippen molar-refractivity contribution in [2.24, 2.45) is 5.73 Å². The Kier molecular flexibility index (Phi) is 11.1. The van der Waals surface area contributed by atoms with Gasteiger partial charge in [0.2, 0.25) is 12.3 Å². The summed E-state index contributed by atoms with van der Waals surface area (Å²) in [6, 6.07) is 6.50. The quantitative estimate of drug-likeness (QED) is 0.110. The van der Waals surface area contributed by atoms with E-state index in [9.17, 15) is 30.0 Å². The zero-order valence-electron chi connectivity index (χ0n) is 25.2. The number of halogens is 1. The molecule has 47 heavy (non-hydrogen) atoms. The van der Waals surface area contributed by atoms with Crippen LogP contribution < -0.4 is 20.9 Å². The number of carboxylic acid groups (broad SMARTS) is 1. The number of nitrogens with two attached hydrogens (primary N) is 1. The Morgan fingerprint density at radius 3 is 2.55 bits per heavy atom. The van der Waals surface area contributed by atoms with Crippen LogP contribution in [0.15, 0.2) is 30.5 Å². The zero-order valence-corrected chi connectivity index (χ0v) is 26.0. The summed E-state index contributed by atoms with van der Waals surface area (Å²) in [6.45, 7) is 4.83. The van der Waals surface area contributed by atoms with E-state index in [-0.39, 0.29) is 39.4 Å². The van der Waals surface area contributed by atoms with E-state index in [2.05, 4.69) is 26.5 Å². The van der Waals surface area contributed by atoms with Gasteiger partial charge in [-0.15, -0.1) is 5.10 Å². The van der Waals surface area contributed by atoms with Gasteiger partial charge in [-0.3, -0.25) is 19.3 Å². The molecule has 0 spiro atoms. The minimum Gasteiger partial charge on any atom is -0.478 e. The third kappa shape index (κ3) is 7.83. The lowest BCUT2D eigenvalue weighted by Crippen LogP contribution is -2.53. The molecule has 3 aromatic rings. The molecule has 3 heterocycles. The van der Waals surface area contributed by atoms with Crippen LogP contribution in [0.25, 0.3) is 5.65 Å². The number of nitrogens with zero attached hydrogens (tertiary/aromatic N) is 9. The number of ether oxygens (including phenoxy) is 2. The largest absolute Gasteiger partial charge is 0.478 e. The molecule has 1 aromatic carbocycles. The Morgan fingerprint density at radius 2 is 1.94 bits per heavy atom. The number of fused-ring (bicyclic) bond motifs is 1. The van der Waals surface area contributed by atoms with Crippen molar-refractivity contribution in [2.45, 2.75) is 26.3 Å². The average Bonchev–Trinajstić information content (AvgIpc) is 3.48. The first-order valence-corrected chi connectivity index (χ1v) is 14.4. The Balaban J connectivity index is 1.79. The van der Waals surface area contributed by atoms with Crippen molar-refractivity contribution in [1.29, 1.82) is 10.5 Å². The number of aliphatic hydroxyl groups is 1. The number of esters is 1. The number of nitrogens with one attached hydrogen (secondary N) is 1. The Bertz CT molecular complexity index is 1780. The Morgan fingerprint density at radius 1 is 1.21 bits per heavy atom. The minimum atomic E-state index is -2.01. The van der Waals surface area contributed by atoms with E-state index in [4.69, 9.17) is 31.9 Å². The van der Waals surface area contributed by atoms with Crippen LogP contribution >= 0.6 is 11.6 Å². The molecule has 0 aliphatic carbocycles. The first-order chi connectivity index (χ1) is 22.5. The highest BCUT2D eigenvalue weighted by Crippen LogP contribution is 2.40. The number of hydrogen-bond donors (Lipinski definition) is 4. The van der Waals surface area contributed by atoms with Gasteiger partial charge in [0, 0.05) is 44.9 Å². The summed E-state index contributed by atoms with van der Waals surface area (Å²) in [6.07, 6.45) is 0.495. The summed E-state index contributed by atoms with van der Waals surface area (Å²) in [4.78, 5) is 47.9. The van der Waals surface area contributed by atoms with E-state index in [1.54, 1.807) is 19.9 Å². The number of piperazine rings is 1. The van der Waals surface area contributed by atoms with Crippen LogP contribution in [0.3, 0.4) is 0 Å². The van der Waals surface area contributed by atoms with Gasteiger partial charge in [-0.05, 0) is 26.0 Å². The van der Waals surface area contributed by atoms with Crippen molar-refractivity contribution in [3.8, 4) is 12.1 Å². The normalized spacial score (nSPS) is 14.7. The predicted octanol–water partition coefficient (Wildman–Crippen LogP) is 0.521. The third-order valence-corrected chi connectivity index (χ3v) is 7.45. The average molecular weight is 668 g/mol. The molecule has 1 aliphatic heterocycles. The molecule has 4 rings (SSSR count).